The minimum absolute atomic E-state index is 0.0778. The second kappa shape index (κ2) is 12.2. The Morgan fingerprint density at radius 3 is 2.37 bits per heavy atom. The SMILES string of the molecule is CCN(CC)CCCN1C(=O)C(=O)/C(=C(/O)c2c(C)[nH]c(C(=O)OC)c2C)[C@H]1c1cccc(OC)c1OC. The summed E-state index contributed by atoms with van der Waals surface area (Å²) in [6.07, 6.45) is 0.631. The Kier molecular flexibility index (Phi) is 9.22. The number of carbonyl (C=O) groups is 3. The van der Waals surface area contributed by atoms with Gasteiger partial charge in [0.1, 0.15) is 11.5 Å². The molecule has 1 aromatic carbocycles. The number of likely N-dealkylation sites (tertiary alicyclic amines) is 1. The van der Waals surface area contributed by atoms with Gasteiger partial charge in [0.25, 0.3) is 11.7 Å². The molecule has 2 N–H and O–H groups in total. The first kappa shape index (κ1) is 28.8. The summed E-state index contributed by atoms with van der Waals surface area (Å²) in [7, 11) is 4.25. The van der Waals surface area contributed by atoms with Gasteiger partial charge in [0, 0.05) is 23.4 Å². The number of aliphatic hydroxyl groups is 1. The highest BCUT2D eigenvalue weighted by Crippen LogP contribution is 2.46. The van der Waals surface area contributed by atoms with Gasteiger partial charge in [-0.25, -0.2) is 4.79 Å². The number of amides is 1. The molecule has 0 spiro atoms. The van der Waals surface area contributed by atoms with Crippen LogP contribution in [0, 0.1) is 13.8 Å². The third-order valence-corrected chi connectivity index (χ3v) is 7.10. The van der Waals surface area contributed by atoms with Crippen LogP contribution in [-0.4, -0.2) is 85.1 Å². The van der Waals surface area contributed by atoms with Crippen LogP contribution in [0.25, 0.3) is 5.76 Å². The second-order valence-corrected chi connectivity index (χ2v) is 9.07. The number of ether oxygens (including phenoxy) is 3. The number of para-hydroxylation sites is 1. The van der Waals surface area contributed by atoms with E-state index in [0.717, 1.165) is 19.6 Å². The largest absolute Gasteiger partial charge is 0.507 e. The number of hydrogen-bond donors (Lipinski definition) is 2. The molecule has 1 aliphatic rings. The number of rotatable bonds is 11. The molecule has 2 heterocycles. The molecule has 0 aliphatic carbocycles. The zero-order chi connectivity index (χ0) is 28.1. The van der Waals surface area contributed by atoms with Gasteiger partial charge in [0.15, 0.2) is 11.5 Å². The number of aliphatic hydroxyl groups excluding tert-OH is 1. The minimum Gasteiger partial charge on any atom is -0.507 e. The summed E-state index contributed by atoms with van der Waals surface area (Å²) < 4.78 is 16.0. The molecule has 1 saturated heterocycles. The Balaban J connectivity index is 2.22. The lowest BCUT2D eigenvalue weighted by molar-refractivity contribution is -0.140. The van der Waals surface area contributed by atoms with E-state index in [0.29, 0.717) is 41.3 Å². The van der Waals surface area contributed by atoms with Crippen molar-refractivity contribution in [3.05, 3.63) is 51.9 Å². The van der Waals surface area contributed by atoms with Crippen molar-refractivity contribution < 1.29 is 33.7 Å². The number of Topliss-reactive ketones (excluding diaryl/α,β-unsaturated/α-hetero) is 1. The van der Waals surface area contributed by atoms with Crippen molar-refractivity contribution in [3.63, 3.8) is 0 Å². The lowest BCUT2D eigenvalue weighted by Crippen LogP contribution is -2.33. The molecule has 206 valence electrons. The molecule has 2 aromatic rings. The first-order valence-corrected chi connectivity index (χ1v) is 12.7. The van der Waals surface area contributed by atoms with Gasteiger partial charge < -0.3 is 34.1 Å². The van der Waals surface area contributed by atoms with Gasteiger partial charge in [-0.2, -0.15) is 0 Å². The smallest absolute Gasteiger partial charge is 0.354 e. The maximum Gasteiger partial charge on any atom is 0.354 e. The van der Waals surface area contributed by atoms with E-state index in [4.69, 9.17) is 14.2 Å². The van der Waals surface area contributed by atoms with Gasteiger partial charge in [-0.05, 0) is 51.5 Å². The summed E-state index contributed by atoms with van der Waals surface area (Å²) in [4.78, 5) is 45.8. The molecule has 0 unspecified atom stereocenters. The van der Waals surface area contributed by atoms with E-state index in [9.17, 15) is 19.5 Å². The number of aromatic nitrogens is 1. The molecular formula is C28H37N3O7. The number of benzene rings is 1. The zero-order valence-corrected chi connectivity index (χ0v) is 23.1. The fraction of sp³-hybridized carbons (Fsp3) is 0.464. The standard InChI is InChI=1S/C28H37N3O7/c1-8-30(9-2)14-11-15-31-23(18-12-10-13-19(36-5)26(18)37-6)21(25(33)27(31)34)24(32)20-16(3)22(28(35)38-7)29-17(20)4/h10,12-13,23,29,32H,8-9,11,14-15H2,1-7H3/b24-21+/t23-/m1/s1. The molecular weight excluding hydrogens is 490 g/mol. The Morgan fingerprint density at radius 1 is 1.11 bits per heavy atom. The van der Waals surface area contributed by atoms with E-state index in [2.05, 4.69) is 23.7 Å². The van der Waals surface area contributed by atoms with Crippen molar-refractivity contribution in [2.75, 3.05) is 47.5 Å². The van der Waals surface area contributed by atoms with Gasteiger partial charge >= 0.3 is 5.97 Å². The van der Waals surface area contributed by atoms with E-state index in [1.807, 2.05) is 0 Å². The maximum atomic E-state index is 13.5. The molecule has 10 nitrogen and oxygen atoms in total. The highest BCUT2D eigenvalue weighted by Gasteiger charge is 2.47. The third kappa shape index (κ3) is 5.13. The number of nitrogens with zero attached hydrogens (tertiary/aromatic N) is 2. The second-order valence-electron chi connectivity index (χ2n) is 9.07. The Hall–Kier alpha value is -3.79. The van der Waals surface area contributed by atoms with Crippen molar-refractivity contribution in [1.82, 2.24) is 14.8 Å². The number of aryl methyl sites for hydroxylation is 1. The summed E-state index contributed by atoms with van der Waals surface area (Å²) in [6.45, 7) is 10.2. The van der Waals surface area contributed by atoms with Crippen molar-refractivity contribution in [3.8, 4) is 11.5 Å². The van der Waals surface area contributed by atoms with Crippen LogP contribution in [0.1, 0.15) is 59.2 Å². The molecule has 1 aliphatic heterocycles. The number of methoxy groups -OCH3 is 3. The topological polar surface area (TPSA) is 121 Å². The van der Waals surface area contributed by atoms with Crippen LogP contribution in [0.4, 0.5) is 0 Å². The van der Waals surface area contributed by atoms with E-state index in [1.165, 1.54) is 26.2 Å². The van der Waals surface area contributed by atoms with E-state index in [1.54, 1.807) is 32.0 Å². The van der Waals surface area contributed by atoms with Crippen LogP contribution in [-0.2, 0) is 14.3 Å². The maximum absolute atomic E-state index is 13.5. The molecule has 3 rings (SSSR count). The first-order chi connectivity index (χ1) is 18.2. The molecule has 1 fully saturated rings. The van der Waals surface area contributed by atoms with Crippen LogP contribution < -0.4 is 9.47 Å². The van der Waals surface area contributed by atoms with Crippen LogP contribution in [0.2, 0.25) is 0 Å². The molecule has 0 radical (unpaired) electrons. The van der Waals surface area contributed by atoms with Gasteiger partial charge in [-0.1, -0.05) is 26.0 Å². The van der Waals surface area contributed by atoms with Gasteiger partial charge in [-0.3, -0.25) is 9.59 Å². The first-order valence-electron chi connectivity index (χ1n) is 12.7. The summed E-state index contributed by atoms with van der Waals surface area (Å²) in [6, 6.07) is 4.29. The summed E-state index contributed by atoms with van der Waals surface area (Å²) in [5, 5.41) is 11.6. The third-order valence-electron chi connectivity index (χ3n) is 7.10. The number of esters is 1. The lowest BCUT2D eigenvalue weighted by Gasteiger charge is -2.28. The number of nitrogens with one attached hydrogen (secondary N) is 1. The Bertz CT molecular complexity index is 1240. The van der Waals surface area contributed by atoms with E-state index in [-0.39, 0.29) is 22.6 Å². The van der Waals surface area contributed by atoms with Crippen molar-refractivity contribution in [1.29, 1.82) is 0 Å². The van der Waals surface area contributed by atoms with Crippen LogP contribution in [0.5, 0.6) is 11.5 Å². The lowest BCUT2D eigenvalue weighted by atomic mass is 9.93. The van der Waals surface area contributed by atoms with Gasteiger partial charge in [-0.15, -0.1) is 0 Å². The van der Waals surface area contributed by atoms with Crippen molar-refractivity contribution >= 4 is 23.4 Å². The number of hydrogen-bond acceptors (Lipinski definition) is 8. The number of aromatic amines is 1. The monoisotopic (exact) mass is 527 g/mol. The zero-order valence-electron chi connectivity index (χ0n) is 23.1. The van der Waals surface area contributed by atoms with Gasteiger partial charge in [0.2, 0.25) is 0 Å². The normalized spacial score (nSPS) is 16.8. The van der Waals surface area contributed by atoms with E-state index >= 15 is 0 Å². The van der Waals surface area contributed by atoms with Crippen molar-refractivity contribution in [2.45, 2.75) is 40.2 Å². The molecule has 1 amide bonds. The quantitative estimate of drug-likeness (QED) is 0.197. The number of carbonyl (C=O) groups excluding carboxylic acids is 3. The van der Waals surface area contributed by atoms with Crippen LogP contribution in [0.3, 0.4) is 0 Å². The molecule has 0 bridgehead atoms. The summed E-state index contributed by atoms with van der Waals surface area (Å²) in [5.41, 5.74) is 1.75. The number of H-pyrrole nitrogens is 1. The average Bonchev–Trinajstić information content (AvgIpc) is 3.36. The molecule has 10 heteroatoms. The fourth-order valence-corrected chi connectivity index (χ4v) is 5.11. The molecule has 1 atom stereocenters. The summed E-state index contributed by atoms with van der Waals surface area (Å²) >= 11 is 0. The van der Waals surface area contributed by atoms with Gasteiger partial charge in [0.05, 0.1) is 32.9 Å². The fourth-order valence-electron chi connectivity index (χ4n) is 5.11. The van der Waals surface area contributed by atoms with Crippen LogP contribution >= 0.6 is 0 Å². The molecule has 1 aromatic heterocycles. The Morgan fingerprint density at radius 2 is 1.79 bits per heavy atom. The average molecular weight is 528 g/mol. The number of ketones is 1. The van der Waals surface area contributed by atoms with E-state index < -0.39 is 23.7 Å². The van der Waals surface area contributed by atoms with Crippen LogP contribution in [0.15, 0.2) is 23.8 Å². The highest BCUT2D eigenvalue weighted by atomic mass is 16.5. The summed E-state index contributed by atoms with van der Waals surface area (Å²) in [5.74, 6) is -1.70. The van der Waals surface area contributed by atoms with Crippen molar-refractivity contribution in [2.24, 2.45) is 0 Å². The molecule has 0 saturated carbocycles. The minimum atomic E-state index is -0.924. The molecule has 38 heavy (non-hydrogen) atoms. The predicted molar refractivity (Wildman–Crippen MR) is 143 cm³/mol. The highest BCUT2D eigenvalue weighted by molar-refractivity contribution is 6.46. The Labute approximate surface area is 223 Å². The predicted octanol–water partition coefficient (Wildman–Crippen LogP) is 3.59.